The second-order valence-corrected chi connectivity index (χ2v) is 4.06. The summed E-state index contributed by atoms with van der Waals surface area (Å²) in [4.78, 5) is 0. The van der Waals surface area contributed by atoms with Crippen molar-refractivity contribution in [2.45, 2.75) is 58.2 Å². The summed E-state index contributed by atoms with van der Waals surface area (Å²) in [7, 11) is 0. The van der Waals surface area contributed by atoms with E-state index >= 15 is 0 Å². The molecular weight excluding hydrogens is 220 g/mol. The van der Waals surface area contributed by atoms with Gasteiger partial charge in [-0.2, -0.15) is 0 Å². The number of allylic oxidation sites excluding steroid dienone is 2. The first-order valence-electron chi connectivity index (χ1n) is 6.42. The third-order valence-electron chi connectivity index (χ3n) is 2.74. The summed E-state index contributed by atoms with van der Waals surface area (Å²) in [6, 6.07) is 0. The maximum Gasteiger partial charge on any atom is 0.186 e. The van der Waals surface area contributed by atoms with Gasteiger partial charge in [0.1, 0.15) is 12.2 Å². The Kier molecular flexibility index (Phi) is 6.73. The molecule has 0 spiro atoms. The molecule has 1 saturated heterocycles. The summed E-state index contributed by atoms with van der Waals surface area (Å²) in [6.07, 6.45) is 4.60. The summed E-state index contributed by atoms with van der Waals surface area (Å²) in [6.45, 7) is 7.00. The molecule has 1 heterocycles. The van der Waals surface area contributed by atoms with Gasteiger partial charge in [-0.25, -0.2) is 0 Å². The predicted octanol–water partition coefficient (Wildman–Crippen LogP) is 1.87. The topological polar surface area (TPSA) is 51.2 Å². The zero-order chi connectivity index (χ0) is 12.7. The molecule has 1 rings (SSSR count). The molecule has 0 radical (unpaired) electrons. The fraction of sp³-hybridized carbons (Fsp3) is 0.846. The first-order valence-corrected chi connectivity index (χ1v) is 6.42. The summed E-state index contributed by atoms with van der Waals surface area (Å²) >= 11 is 0. The molecule has 0 bridgehead atoms. The van der Waals surface area contributed by atoms with Crippen molar-refractivity contribution in [1.29, 1.82) is 0 Å². The smallest absolute Gasteiger partial charge is 0.186 e. The molecule has 0 aromatic carbocycles. The number of ether oxygens (including phenoxy) is 3. The molecule has 1 N–H and O–H groups in total. The zero-order valence-electron chi connectivity index (χ0n) is 11.0. The quantitative estimate of drug-likeness (QED) is 0.382. The van der Waals surface area contributed by atoms with Gasteiger partial charge in [0, 0.05) is 13.2 Å². The van der Waals surface area contributed by atoms with Gasteiger partial charge in [0.05, 0.1) is 6.10 Å². The fourth-order valence-corrected chi connectivity index (χ4v) is 1.83. The van der Waals surface area contributed by atoms with Crippen LogP contribution in [-0.2, 0) is 14.2 Å². The lowest BCUT2D eigenvalue weighted by molar-refractivity contribution is -0.147. The molecule has 0 unspecified atom stereocenters. The van der Waals surface area contributed by atoms with Crippen LogP contribution in [0.2, 0.25) is 0 Å². The van der Waals surface area contributed by atoms with Gasteiger partial charge in [0.2, 0.25) is 0 Å². The molecule has 4 heteroatoms. The Hall–Kier alpha value is -0.420. The highest BCUT2D eigenvalue weighted by molar-refractivity contribution is 4.94. The highest BCUT2D eigenvalue weighted by atomic mass is 16.7. The minimum absolute atomic E-state index is 0.115. The SMILES string of the molecule is C/C=C\CC[C@H](O)[C@H]1O[C@H]1C(OCC)OCC. The molecule has 4 nitrogen and oxygen atoms in total. The van der Waals surface area contributed by atoms with Crippen LogP contribution >= 0.6 is 0 Å². The van der Waals surface area contributed by atoms with Gasteiger partial charge in [0.25, 0.3) is 0 Å². The molecule has 1 fully saturated rings. The van der Waals surface area contributed by atoms with Crippen LogP contribution in [0.5, 0.6) is 0 Å². The fourth-order valence-electron chi connectivity index (χ4n) is 1.83. The Bertz CT molecular complexity index is 223. The van der Waals surface area contributed by atoms with E-state index in [2.05, 4.69) is 0 Å². The highest BCUT2D eigenvalue weighted by Crippen LogP contribution is 2.32. The highest BCUT2D eigenvalue weighted by Gasteiger charge is 2.50. The van der Waals surface area contributed by atoms with E-state index in [-0.39, 0.29) is 18.5 Å². The summed E-state index contributed by atoms with van der Waals surface area (Å²) in [5, 5.41) is 9.90. The summed E-state index contributed by atoms with van der Waals surface area (Å²) < 4.78 is 16.3. The van der Waals surface area contributed by atoms with E-state index in [9.17, 15) is 5.11 Å². The minimum Gasteiger partial charge on any atom is -0.390 e. The predicted molar refractivity (Wildman–Crippen MR) is 65.8 cm³/mol. The normalized spacial score (nSPS) is 25.7. The molecule has 1 aliphatic rings. The molecule has 100 valence electrons. The van der Waals surface area contributed by atoms with Crippen LogP contribution in [0.1, 0.15) is 33.6 Å². The van der Waals surface area contributed by atoms with E-state index in [0.29, 0.717) is 13.2 Å². The van der Waals surface area contributed by atoms with Crippen molar-refractivity contribution in [2.24, 2.45) is 0 Å². The standard InChI is InChI=1S/C13H24O4/c1-4-7-8-9-10(14)11-12(17-11)13(15-5-2)16-6-3/h4,7,10-14H,5-6,8-9H2,1-3H3/b7-4-/t10-,11+,12+/m0/s1. The number of hydrogen-bond acceptors (Lipinski definition) is 4. The molecule has 0 saturated carbocycles. The van der Waals surface area contributed by atoms with Crippen molar-refractivity contribution >= 4 is 0 Å². The van der Waals surface area contributed by atoms with Gasteiger partial charge < -0.3 is 19.3 Å². The van der Waals surface area contributed by atoms with Crippen LogP contribution in [-0.4, -0.2) is 42.9 Å². The zero-order valence-corrected chi connectivity index (χ0v) is 11.0. The van der Waals surface area contributed by atoms with Crippen LogP contribution in [0.15, 0.2) is 12.2 Å². The Labute approximate surface area is 104 Å². The van der Waals surface area contributed by atoms with Crippen LogP contribution in [0.4, 0.5) is 0 Å². The number of rotatable bonds is 9. The van der Waals surface area contributed by atoms with E-state index in [0.717, 1.165) is 12.8 Å². The Balaban J connectivity index is 2.29. The van der Waals surface area contributed by atoms with Gasteiger partial charge >= 0.3 is 0 Å². The molecule has 1 aliphatic heterocycles. The van der Waals surface area contributed by atoms with E-state index in [4.69, 9.17) is 14.2 Å². The number of hydrogen-bond donors (Lipinski definition) is 1. The second kappa shape index (κ2) is 7.82. The molecule has 0 aromatic heterocycles. The Morgan fingerprint density at radius 2 is 1.88 bits per heavy atom. The van der Waals surface area contributed by atoms with Crippen LogP contribution in [0.3, 0.4) is 0 Å². The largest absolute Gasteiger partial charge is 0.390 e. The minimum atomic E-state index is -0.431. The number of aliphatic hydroxyl groups excluding tert-OH is 1. The summed E-state index contributed by atoms with van der Waals surface area (Å²) in [5.41, 5.74) is 0. The van der Waals surface area contributed by atoms with Gasteiger partial charge in [-0.1, -0.05) is 12.2 Å². The first-order chi connectivity index (χ1) is 8.24. The van der Waals surface area contributed by atoms with Crippen molar-refractivity contribution in [3.05, 3.63) is 12.2 Å². The lowest BCUT2D eigenvalue weighted by Gasteiger charge is -2.15. The van der Waals surface area contributed by atoms with Crippen molar-refractivity contribution in [2.75, 3.05) is 13.2 Å². The van der Waals surface area contributed by atoms with Gasteiger partial charge in [0.15, 0.2) is 6.29 Å². The third kappa shape index (κ3) is 4.76. The lowest BCUT2D eigenvalue weighted by atomic mass is 10.1. The average molecular weight is 244 g/mol. The van der Waals surface area contributed by atoms with Crippen molar-refractivity contribution in [3.8, 4) is 0 Å². The lowest BCUT2D eigenvalue weighted by Crippen LogP contribution is -2.28. The Morgan fingerprint density at radius 3 is 2.41 bits per heavy atom. The van der Waals surface area contributed by atoms with E-state index in [1.807, 2.05) is 32.9 Å². The van der Waals surface area contributed by atoms with E-state index < -0.39 is 6.10 Å². The van der Waals surface area contributed by atoms with E-state index in [1.165, 1.54) is 0 Å². The Morgan fingerprint density at radius 1 is 1.24 bits per heavy atom. The molecule has 17 heavy (non-hydrogen) atoms. The monoisotopic (exact) mass is 244 g/mol. The van der Waals surface area contributed by atoms with Crippen LogP contribution < -0.4 is 0 Å². The average Bonchev–Trinajstić information content (AvgIpc) is 3.09. The van der Waals surface area contributed by atoms with Gasteiger partial charge in [-0.3, -0.25) is 0 Å². The van der Waals surface area contributed by atoms with Crippen molar-refractivity contribution in [3.63, 3.8) is 0 Å². The number of aliphatic hydroxyl groups is 1. The molecule has 0 aromatic rings. The molecule has 0 amide bonds. The molecular formula is C13H24O4. The van der Waals surface area contributed by atoms with Crippen LogP contribution in [0, 0.1) is 0 Å². The second-order valence-electron chi connectivity index (χ2n) is 4.06. The van der Waals surface area contributed by atoms with Crippen LogP contribution in [0.25, 0.3) is 0 Å². The third-order valence-corrected chi connectivity index (χ3v) is 2.74. The first kappa shape index (κ1) is 14.6. The van der Waals surface area contributed by atoms with Gasteiger partial charge in [-0.15, -0.1) is 0 Å². The van der Waals surface area contributed by atoms with Crippen molar-refractivity contribution in [1.82, 2.24) is 0 Å². The van der Waals surface area contributed by atoms with Crippen molar-refractivity contribution < 1.29 is 19.3 Å². The number of epoxide rings is 1. The van der Waals surface area contributed by atoms with Gasteiger partial charge in [-0.05, 0) is 33.6 Å². The maximum atomic E-state index is 9.90. The maximum absolute atomic E-state index is 9.90. The van der Waals surface area contributed by atoms with E-state index in [1.54, 1.807) is 0 Å². The molecule has 3 atom stereocenters. The molecule has 0 aliphatic carbocycles. The summed E-state index contributed by atoms with van der Waals surface area (Å²) in [5.74, 6) is 0.